The van der Waals surface area contributed by atoms with E-state index in [-0.39, 0.29) is 0 Å². The van der Waals surface area contributed by atoms with Crippen LogP contribution in [0.25, 0.3) is 0 Å². The number of carbonyl (C=O) groups excluding carboxylic acids is 1. The largest absolute Gasteiger partial charge is 0.456 e. The first-order chi connectivity index (χ1) is 10.1. The Balaban J connectivity index is 2.09. The molecule has 2 aromatic carbocycles. The number of hydrogen-bond acceptors (Lipinski definition) is 4. The summed E-state index contributed by atoms with van der Waals surface area (Å²) in [5, 5.41) is 12.0. The summed E-state index contributed by atoms with van der Waals surface area (Å²) in [7, 11) is 0. The Bertz CT molecular complexity index is 675. The molecule has 0 aliphatic rings. The van der Waals surface area contributed by atoms with Crippen LogP contribution in [0.15, 0.2) is 48.5 Å². The number of para-hydroxylation sites is 1. The molecule has 0 fully saturated rings. The zero-order chi connectivity index (χ0) is 15.2. The van der Waals surface area contributed by atoms with Gasteiger partial charge in [0.25, 0.3) is 0 Å². The molecular weight excluding hydrogens is 266 g/mol. The third-order valence-corrected chi connectivity index (χ3v) is 2.90. The predicted molar refractivity (Wildman–Crippen MR) is 80.0 cm³/mol. The molecule has 21 heavy (non-hydrogen) atoms. The van der Waals surface area contributed by atoms with E-state index in [1.165, 1.54) is 0 Å². The summed E-state index contributed by atoms with van der Waals surface area (Å²) in [5.74, 6) is 0.694. The molecule has 0 saturated heterocycles. The fourth-order valence-electron chi connectivity index (χ4n) is 1.72. The Hall–Kier alpha value is -3.00. The van der Waals surface area contributed by atoms with Crippen LogP contribution in [0.3, 0.4) is 0 Å². The number of carbonyl (C=O) groups is 1. The summed E-state index contributed by atoms with van der Waals surface area (Å²) < 4.78 is 5.67. The lowest BCUT2D eigenvalue weighted by molar-refractivity contribution is -0.118. The van der Waals surface area contributed by atoms with Gasteiger partial charge in [0.15, 0.2) is 0 Å². The number of ether oxygens (including phenoxy) is 1. The highest BCUT2D eigenvalue weighted by molar-refractivity contribution is 5.82. The molecule has 1 amide bonds. The molecule has 5 nitrogen and oxygen atoms in total. The first-order valence-electron chi connectivity index (χ1n) is 6.43. The van der Waals surface area contributed by atoms with Crippen LogP contribution in [0.2, 0.25) is 0 Å². The molecule has 0 spiro atoms. The highest BCUT2D eigenvalue weighted by Crippen LogP contribution is 2.25. The number of rotatable bonds is 5. The Morgan fingerprint density at radius 2 is 1.90 bits per heavy atom. The number of benzene rings is 2. The van der Waals surface area contributed by atoms with E-state index in [1.807, 2.05) is 0 Å². The molecule has 106 valence electrons. The van der Waals surface area contributed by atoms with E-state index < -0.39 is 11.9 Å². The van der Waals surface area contributed by atoms with E-state index in [0.717, 1.165) is 5.69 Å². The van der Waals surface area contributed by atoms with Crippen LogP contribution >= 0.6 is 0 Å². The summed E-state index contributed by atoms with van der Waals surface area (Å²) in [4.78, 5) is 11.0. The van der Waals surface area contributed by atoms with Gasteiger partial charge in [-0.15, -0.1) is 0 Å². The molecule has 0 aliphatic heterocycles. The second-order valence-corrected chi connectivity index (χ2v) is 4.50. The number of nitrogens with one attached hydrogen (secondary N) is 1. The van der Waals surface area contributed by atoms with Crippen molar-refractivity contribution in [3.63, 3.8) is 0 Å². The molecule has 0 bridgehead atoms. The van der Waals surface area contributed by atoms with Gasteiger partial charge in [-0.3, -0.25) is 4.79 Å². The molecule has 3 N–H and O–H groups in total. The van der Waals surface area contributed by atoms with E-state index in [1.54, 1.807) is 55.5 Å². The maximum absolute atomic E-state index is 11.0. The molecular formula is C16H15N3O2. The maximum atomic E-state index is 11.0. The molecule has 0 saturated carbocycles. The van der Waals surface area contributed by atoms with E-state index in [9.17, 15) is 4.79 Å². The smallest absolute Gasteiger partial charge is 0.239 e. The monoisotopic (exact) mass is 281 g/mol. The number of nitrogens with zero attached hydrogens (tertiary/aromatic N) is 1. The fourth-order valence-corrected chi connectivity index (χ4v) is 1.72. The SMILES string of the molecule is C[C@H](Nc1ccc(Oc2ccccc2C#N)cc1)C(N)=O. The van der Waals surface area contributed by atoms with Gasteiger partial charge < -0.3 is 15.8 Å². The highest BCUT2D eigenvalue weighted by Gasteiger charge is 2.08. The standard InChI is InChI=1S/C16H15N3O2/c1-11(16(18)20)19-13-6-8-14(9-7-13)21-15-5-3-2-4-12(15)10-17/h2-9,11,19H,1H3,(H2,18,20)/t11-/m0/s1. The summed E-state index contributed by atoms with van der Waals surface area (Å²) >= 11 is 0. The summed E-state index contributed by atoms with van der Waals surface area (Å²) in [6.45, 7) is 1.69. The molecule has 0 unspecified atom stereocenters. The lowest BCUT2D eigenvalue weighted by Gasteiger charge is -2.12. The molecule has 0 aromatic heterocycles. The van der Waals surface area contributed by atoms with Gasteiger partial charge in [-0.1, -0.05) is 12.1 Å². The van der Waals surface area contributed by atoms with E-state index >= 15 is 0 Å². The number of anilines is 1. The minimum absolute atomic E-state index is 0.418. The average Bonchev–Trinajstić information content (AvgIpc) is 2.49. The average molecular weight is 281 g/mol. The van der Waals surface area contributed by atoms with Gasteiger partial charge in [0.1, 0.15) is 23.6 Å². The maximum Gasteiger partial charge on any atom is 0.239 e. The first-order valence-corrected chi connectivity index (χ1v) is 6.43. The lowest BCUT2D eigenvalue weighted by Crippen LogP contribution is -2.32. The second kappa shape index (κ2) is 6.44. The fraction of sp³-hybridized carbons (Fsp3) is 0.125. The first kappa shape index (κ1) is 14.4. The van der Waals surface area contributed by atoms with Crippen molar-refractivity contribution in [2.45, 2.75) is 13.0 Å². The van der Waals surface area contributed by atoms with Crippen molar-refractivity contribution in [3.05, 3.63) is 54.1 Å². The van der Waals surface area contributed by atoms with E-state index in [2.05, 4.69) is 11.4 Å². The van der Waals surface area contributed by atoms with Crippen LogP contribution in [0.5, 0.6) is 11.5 Å². The minimum atomic E-state index is -0.448. The van der Waals surface area contributed by atoms with E-state index in [0.29, 0.717) is 17.1 Å². The predicted octanol–water partition coefficient (Wildman–Crippen LogP) is 2.64. The molecule has 0 heterocycles. The molecule has 0 aliphatic carbocycles. The van der Waals surface area contributed by atoms with Crippen LogP contribution in [0.4, 0.5) is 5.69 Å². The number of hydrogen-bond donors (Lipinski definition) is 2. The van der Waals surface area contributed by atoms with Crippen molar-refractivity contribution in [2.75, 3.05) is 5.32 Å². The van der Waals surface area contributed by atoms with Crippen molar-refractivity contribution in [2.24, 2.45) is 5.73 Å². The van der Waals surface area contributed by atoms with Gasteiger partial charge in [0.05, 0.1) is 5.56 Å². The molecule has 2 aromatic rings. The quantitative estimate of drug-likeness (QED) is 0.881. The zero-order valence-corrected chi connectivity index (χ0v) is 11.5. The highest BCUT2D eigenvalue weighted by atomic mass is 16.5. The third kappa shape index (κ3) is 3.74. The van der Waals surface area contributed by atoms with Crippen LogP contribution in [0.1, 0.15) is 12.5 Å². The Labute approximate surface area is 123 Å². The lowest BCUT2D eigenvalue weighted by atomic mass is 10.2. The second-order valence-electron chi connectivity index (χ2n) is 4.50. The van der Waals surface area contributed by atoms with Crippen LogP contribution in [-0.2, 0) is 4.79 Å². The number of nitriles is 1. The summed E-state index contributed by atoms with van der Waals surface area (Å²) in [6, 6.07) is 15.7. The Kier molecular flexibility index (Phi) is 4.42. The van der Waals surface area contributed by atoms with Crippen molar-refractivity contribution < 1.29 is 9.53 Å². The van der Waals surface area contributed by atoms with Crippen LogP contribution in [0, 0.1) is 11.3 Å². The van der Waals surface area contributed by atoms with Gasteiger partial charge in [-0.2, -0.15) is 5.26 Å². The summed E-state index contributed by atoms with van der Waals surface area (Å²) in [5.41, 5.74) is 6.43. The van der Waals surface area contributed by atoms with E-state index in [4.69, 9.17) is 15.7 Å². The third-order valence-electron chi connectivity index (χ3n) is 2.90. The molecule has 1 atom stereocenters. The Morgan fingerprint density at radius 3 is 2.52 bits per heavy atom. The van der Waals surface area contributed by atoms with Crippen molar-refractivity contribution in [1.29, 1.82) is 5.26 Å². The van der Waals surface area contributed by atoms with Crippen molar-refractivity contribution >= 4 is 11.6 Å². The number of primary amides is 1. The Morgan fingerprint density at radius 1 is 1.24 bits per heavy atom. The van der Waals surface area contributed by atoms with Crippen LogP contribution in [-0.4, -0.2) is 11.9 Å². The molecule has 2 rings (SSSR count). The number of nitrogens with two attached hydrogens (primary N) is 1. The van der Waals surface area contributed by atoms with Gasteiger partial charge in [-0.05, 0) is 43.3 Å². The summed E-state index contributed by atoms with van der Waals surface area (Å²) in [6.07, 6.45) is 0. The van der Waals surface area contributed by atoms with Crippen molar-refractivity contribution in [3.8, 4) is 17.6 Å². The van der Waals surface area contributed by atoms with Gasteiger partial charge in [0.2, 0.25) is 5.91 Å². The normalized spacial score (nSPS) is 11.2. The molecule has 0 radical (unpaired) electrons. The van der Waals surface area contributed by atoms with Crippen LogP contribution < -0.4 is 15.8 Å². The molecule has 5 heteroatoms. The van der Waals surface area contributed by atoms with Crippen molar-refractivity contribution in [1.82, 2.24) is 0 Å². The minimum Gasteiger partial charge on any atom is -0.456 e. The van der Waals surface area contributed by atoms with Gasteiger partial charge in [0, 0.05) is 5.69 Å². The zero-order valence-electron chi connectivity index (χ0n) is 11.5. The van der Waals surface area contributed by atoms with Gasteiger partial charge in [-0.25, -0.2) is 0 Å². The van der Waals surface area contributed by atoms with Gasteiger partial charge >= 0.3 is 0 Å². The number of amides is 1. The topological polar surface area (TPSA) is 88.1 Å².